The summed E-state index contributed by atoms with van der Waals surface area (Å²) in [5, 5.41) is 9.68. The third-order valence-corrected chi connectivity index (χ3v) is 2.66. The highest BCUT2D eigenvalue weighted by Gasteiger charge is 2.00. The van der Waals surface area contributed by atoms with Gasteiger partial charge >= 0.3 is 0 Å². The molecule has 0 fully saturated rings. The third kappa shape index (κ3) is 5.00. The largest absolute Gasteiger partial charge is 0.380 e. The molecule has 1 N–H and O–H groups in total. The summed E-state index contributed by atoms with van der Waals surface area (Å²) in [4.78, 5) is 0. The second-order valence-corrected chi connectivity index (χ2v) is 4.14. The minimum atomic E-state index is -0.491. The van der Waals surface area contributed by atoms with Crippen LogP contribution in [0.4, 0.5) is 0 Å². The number of aryl methyl sites for hydroxylation is 1. The molecule has 1 aromatic rings. The van der Waals surface area contributed by atoms with Crippen LogP contribution in [-0.2, 0) is 6.42 Å². The lowest BCUT2D eigenvalue weighted by molar-refractivity contribution is 0.222. The van der Waals surface area contributed by atoms with Gasteiger partial charge in [-0.2, -0.15) is 0 Å². The molecule has 1 aromatic carbocycles. The summed E-state index contributed by atoms with van der Waals surface area (Å²) in [7, 11) is 0. The van der Waals surface area contributed by atoms with E-state index in [0.29, 0.717) is 12.3 Å². The van der Waals surface area contributed by atoms with E-state index in [-0.39, 0.29) is 0 Å². The van der Waals surface area contributed by atoms with Crippen LogP contribution in [0.1, 0.15) is 32.3 Å². The molecule has 0 saturated carbocycles. The van der Waals surface area contributed by atoms with Crippen LogP contribution in [0.15, 0.2) is 30.3 Å². The van der Waals surface area contributed by atoms with Crippen molar-refractivity contribution in [1.82, 2.24) is 0 Å². The smallest absolute Gasteiger partial charge is 0.115 e. The fraction of sp³-hybridized carbons (Fsp3) is 0.467. The lowest BCUT2D eigenvalue weighted by Gasteiger charge is -2.04. The molecule has 0 saturated heterocycles. The Morgan fingerprint density at radius 2 is 1.88 bits per heavy atom. The highest BCUT2D eigenvalue weighted by Crippen LogP contribution is 2.05. The summed E-state index contributed by atoms with van der Waals surface area (Å²) in [6.07, 6.45) is 2.15. The maximum Gasteiger partial charge on any atom is 0.115 e. The quantitative estimate of drug-likeness (QED) is 0.767. The van der Waals surface area contributed by atoms with Gasteiger partial charge in [-0.25, -0.2) is 0 Å². The van der Waals surface area contributed by atoms with Crippen LogP contribution in [0.5, 0.6) is 0 Å². The van der Waals surface area contributed by atoms with Crippen molar-refractivity contribution in [2.24, 2.45) is 5.92 Å². The van der Waals surface area contributed by atoms with Gasteiger partial charge in [0.2, 0.25) is 0 Å². The van der Waals surface area contributed by atoms with Crippen LogP contribution < -0.4 is 0 Å². The fourth-order valence-electron chi connectivity index (χ4n) is 1.36. The Bertz CT molecular complexity index is 345. The van der Waals surface area contributed by atoms with E-state index in [2.05, 4.69) is 37.8 Å². The Kier molecular flexibility index (Phi) is 5.67. The normalized spacial score (nSPS) is 13.7. The predicted octanol–water partition coefficient (Wildman–Crippen LogP) is 3.03. The van der Waals surface area contributed by atoms with Crippen LogP contribution in [-0.4, -0.2) is 11.2 Å². The predicted molar refractivity (Wildman–Crippen MR) is 68.0 cm³/mol. The molecule has 1 heteroatoms. The van der Waals surface area contributed by atoms with Crippen molar-refractivity contribution >= 4 is 0 Å². The monoisotopic (exact) mass is 216 g/mol. The molecule has 0 aromatic heterocycles. The Labute approximate surface area is 98.5 Å². The van der Waals surface area contributed by atoms with Crippen molar-refractivity contribution in [1.29, 1.82) is 0 Å². The molecule has 0 radical (unpaired) electrons. The van der Waals surface area contributed by atoms with Gasteiger partial charge in [0, 0.05) is 5.92 Å². The Morgan fingerprint density at radius 1 is 1.19 bits per heavy atom. The molecule has 1 nitrogen and oxygen atoms in total. The van der Waals surface area contributed by atoms with E-state index in [1.165, 1.54) is 5.56 Å². The first-order valence-electron chi connectivity index (χ1n) is 5.95. The average Bonchev–Trinajstić information content (AvgIpc) is 2.34. The second-order valence-electron chi connectivity index (χ2n) is 4.14. The molecule has 0 amide bonds. The summed E-state index contributed by atoms with van der Waals surface area (Å²) in [5.41, 5.74) is 1.26. The van der Waals surface area contributed by atoms with Crippen molar-refractivity contribution in [2.75, 3.05) is 0 Å². The Morgan fingerprint density at radius 3 is 2.50 bits per heavy atom. The molecule has 2 atom stereocenters. The topological polar surface area (TPSA) is 20.2 Å². The molecule has 0 bridgehead atoms. The van der Waals surface area contributed by atoms with Gasteiger partial charge in [0.1, 0.15) is 6.10 Å². The first-order valence-corrected chi connectivity index (χ1v) is 5.95. The summed E-state index contributed by atoms with van der Waals surface area (Å²) in [6.45, 7) is 4.19. The summed E-state index contributed by atoms with van der Waals surface area (Å²) in [6, 6.07) is 10.2. The zero-order chi connectivity index (χ0) is 11.8. The van der Waals surface area contributed by atoms with E-state index in [0.717, 1.165) is 12.8 Å². The van der Waals surface area contributed by atoms with E-state index in [4.69, 9.17) is 0 Å². The number of hydrogen-bond acceptors (Lipinski definition) is 1. The van der Waals surface area contributed by atoms with Crippen LogP contribution in [0.2, 0.25) is 0 Å². The highest BCUT2D eigenvalue weighted by atomic mass is 16.3. The third-order valence-electron chi connectivity index (χ3n) is 2.66. The zero-order valence-corrected chi connectivity index (χ0v) is 10.1. The van der Waals surface area contributed by atoms with E-state index < -0.39 is 6.10 Å². The molecule has 86 valence electrons. The molecule has 0 aliphatic heterocycles. The van der Waals surface area contributed by atoms with Gasteiger partial charge in [0.15, 0.2) is 0 Å². The molecule has 16 heavy (non-hydrogen) atoms. The number of aliphatic hydroxyl groups is 1. The van der Waals surface area contributed by atoms with Gasteiger partial charge in [-0.05, 0) is 24.8 Å². The summed E-state index contributed by atoms with van der Waals surface area (Å²) in [5.74, 6) is 6.36. The van der Waals surface area contributed by atoms with Crippen molar-refractivity contribution < 1.29 is 5.11 Å². The lowest BCUT2D eigenvalue weighted by Crippen LogP contribution is -2.05. The Hall–Kier alpha value is -1.26. The molecular formula is C15H20O. The Balaban J connectivity index is 2.35. The molecule has 2 unspecified atom stereocenters. The molecule has 0 heterocycles. The maximum absolute atomic E-state index is 9.68. The highest BCUT2D eigenvalue weighted by molar-refractivity contribution is 5.16. The van der Waals surface area contributed by atoms with Crippen LogP contribution in [0.25, 0.3) is 0 Å². The number of rotatable bonds is 4. The lowest BCUT2D eigenvalue weighted by atomic mass is 10.1. The van der Waals surface area contributed by atoms with E-state index in [1.807, 2.05) is 18.2 Å². The molecular weight excluding hydrogens is 196 g/mol. The van der Waals surface area contributed by atoms with Crippen molar-refractivity contribution in [2.45, 2.75) is 39.2 Å². The van der Waals surface area contributed by atoms with Crippen LogP contribution >= 0.6 is 0 Å². The van der Waals surface area contributed by atoms with Gasteiger partial charge in [-0.15, -0.1) is 0 Å². The van der Waals surface area contributed by atoms with Gasteiger partial charge in [0.25, 0.3) is 0 Å². The number of benzene rings is 1. The maximum atomic E-state index is 9.68. The first-order chi connectivity index (χ1) is 7.72. The average molecular weight is 216 g/mol. The minimum Gasteiger partial charge on any atom is -0.380 e. The fourth-order valence-corrected chi connectivity index (χ4v) is 1.36. The number of hydrogen-bond donors (Lipinski definition) is 1. The minimum absolute atomic E-state index is 0.381. The SMILES string of the molecule is CCC(C)C#CC(O)CCc1ccccc1. The standard InChI is InChI=1S/C15H20O/c1-3-13(2)9-11-15(16)12-10-14-7-5-4-6-8-14/h4-8,13,15-16H,3,10,12H2,1-2H3. The van der Waals surface area contributed by atoms with Gasteiger partial charge in [-0.3, -0.25) is 0 Å². The second kappa shape index (κ2) is 7.09. The van der Waals surface area contributed by atoms with Crippen molar-refractivity contribution in [3.8, 4) is 11.8 Å². The van der Waals surface area contributed by atoms with Crippen LogP contribution in [0.3, 0.4) is 0 Å². The molecule has 0 aliphatic rings. The van der Waals surface area contributed by atoms with E-state index in [1.54, 1.807) is 0 Å². The molecule has 0 aliphatic carbocycles. The summed E-state index contributed by atoms with van der Waals surface area (Å²) >= 11 is 0. The molecule has 0 spiro atoms. The van der Waals surface area contributed by atoms with Gasteiger partial charge in [0.05, 0.1) is 0 Å². The summed E-state index contributed by atoms with van der Waals surface area (Å²) < 4.78 is 0. The van der Waals surface area contributed by atoms with Crippen molar-refractivity contribution in [3.05, 3.63) is 35.9 Å². The molecule has 1 rings (SSSR count). The van der Waals surface area contributed by atoms with E-state index >= 15 is 0 Å². The zero-order valence-electron chi connectivity index (χ0n) is 10.1. The first kappa shape index (κ1) is 12.8. The van der Waals surface area contributed by atoms with Gasteiger partial charge in [-0.1, -0.05) is 56.0 Å². The van der Waals surface area contributed by atoms with E-state index in [9.17, 15) is 5.11 Å². The van der Waals surface area contributed by atoms with Crippen LogP contribution in [0, 0.1) is 17.8 Å². The van der Waals surface area contributed by atoms with Gasteiger partial charge < -0.3 is 5.11 Å². The van der Waals surface area contributed by atoms with Crippen molar-refractivity contribution in [3.63, 3.8) is 0 Å². The number of aliphatic hydroxyl groups excluding tert-OH is 1.